The highest BCUT2D eigenvalue weighted by molar-refractivity contribution is 7.89. The molecule has 0 N–H and O–H groups in total. The molecule has 3 aromatic rings. The number of nitrogens with zero attached hydrogens (tertiary/aromatic N) is 2. The predicted octanol–water partition coefficient (Wildman–Crippen LogP) is 3.73. The molecule has 0 radical (unpaired) electrons. The normalized spacial score (nSPS) is 15.6. The summed E-state index contributed by atoms with van der Waals surface area (Å²) in [5.41, 5.74) is 4.28. The number of hydrogen-bond acceptors (Lipinski definition) is 5. The van der Waals surface area contributed by atoms with Crippen molar-refractivity contribution in [3.05, 3.63) is 70.0 Å². The SMILES string of the molecule is Cc1ccc(Cc2nc(-c3ccc(S(=O)(=O)N4CCOCC4)cc3)cs2)cc1. The highest BCUT2D eigenvalue weighted by Gasteiger charge is 2.26. The fourth-order valence-electron chi connectivity index (χ4n) is 3.14. The molecule has 146 valence electrons. The molecular formula is C21H22N2O3S2. The van der Waals surface area contributed by atoms with Crippen LogP contribution in [0.1, 0.15) is 16.1 Å². The van der Waals surface area contributed by atoms with Crippen molar-refractivity contribution in [1.29, 1.82) is 0 Å². The van der Waals surface area contributed by atoms with E-state index in [4.69, 9.17) is 9.72 Å². The van der Waals surface area contributed by atoms with E-state index in [9.17, 15) is 8.42 Å². The quantitative estimate of drug-likeness (QED) is 0.638. The van der Waals surface area contributed by atoms with Crippen molar-refractivity contribution in [3.63, 3.8) is 0 Å². The van der Waals surface area contributed by atoms with Crippen molar-refractivity contribution in [2.75, 3.05) is 26.3 Å². The van der Waals surface area contributed by atoms with E-state index in [2.05, 4.69) is 31.2 Å². The van der Waals surface area contributed by atoms with E-state index in [0.29, 0.717) is 31.2 Å². The molecule has 4 rings (SSSR count). The van der Waals surface area contributed by atoms with Crippen molar-refractivity contribution in [2.24, 2.45) is 0 Å². The van der Waals surface area contributed by atoms with Gasteiger partial charge in [-0.15, -0.1) is 11.3 Å². The maximum atomic E-state index is 12.7. The number of aromatic nitrogens is 1. The van der Waals surface area contributed by atoms with Crippen LogP contribution in [0.25, 0.3) is 11.3 Å². The van der Waals surface area contributed by atoms with Crippen molar-refractivity contribution in [2.45, 2.75) is 18.2 Å². The van der Waals surface area contributed by atoms with Crippen LogP contribution in [0.15, 0.2) is 58.8 Å². The van der Waals surface area contributed by atoms with Gasteiger partial charge in [-0.25, -0.2) is 13.4 Å². The lowest BCUT2D eigenvalue weighted by Crippen LogP contribution is -2.40. The van der Waals surface area contributed by atoms with Crippen LogP contribution in [0.5, 0.6) is 0 Å². The third kappa shape index (κ3) is 4.17. The van der Waals surface area contributed by atoms with E-state index in [1.165, 1.54) is 15.4 Å². The van der Waals surface area contributed by atoms with E-state index < -0.39 is 10.0 Å². The number of aryl methyl sites for hydroxylation is 1. The summed E-state index contributed by atoms with van der Waals surface area (Å²) in [7, 11) is -3.46. The number of morpholine rings is 1. The van der Waals surface area contributed by atoms with Gasteiger partial charge in [-0.05, 0) is 24.6 Å². The second kappa shape index (κ2) is 8.13. The summed E-state index contributed by atoms with van der Waals surface area (Å²) in [6, 6.07) is 15.5. The van der Waals surface area contributed by atoms with Gasteiger partial charge >= 0.3 is 0 Å². The number of hydrogen-bond donors (Lipinski definition) is 0. The van der Waals surface area contributed by atoms with Crippen LogP contribution in [0.2, 0.25) is 0 Å². The minimum Gasteiger partial charge on any atom is -0.379 e. The van der Waals surface area contributed by atoms with Gasteiger partial charge in [-0.2, -0.15) is 4.31 Å². The van der Waals surface area contributed by atoms with Crippen LogP contribution >= 0.6 is 11.3 Å². The Morgan fingerprint density at radius 1 is 1.04 bits per heavy atom. The molecule has 2 heterocycles. The van der Waals surface area contributed by atoms with E-state index in [1.54, 1.807) is 23.5 Å². The topological polar surface area (TPSA) is 59.5 Å². The number of thiazole rings is 1. The molecule has 1 aliphatic heterocycles. The Morgan fingerprint density at radius 2 is 1.71 bits per heavy atom. The minimum atomic E-state index is -3.46. The van der Waals surface area contributed by atoms with Crippen LogP contribution in [0.4, 0.5) is 0 Å². The molecule has 1 aliphatic rings. The molecule has 5 nitrogen and oxygen atoms in total. The second-order valence-electron chi connectivity index (χ2n) is 6.83. The summed E-state index contributed by atoms with van der Waals surface area (Å²) < 4.78 is 32.2. The van der Waals surface area contributed by atoms with Crippen molar-refractivity contribution in [3.8, 4) is 11.3 Å². The van der Waals surface area contributed by atoms with Gasteiger partial charge in [0.2, 0.25) is 10.0 Å². The van der Waals surface area contributed by atoms with Gasteiger partial charge in [0.1, 0.15) is 0 Å². The Hall–Kier alpha value is -2.06. The molecule has 0 bridgehead atoms. The molecule has 1 aromatic heterocycles. The molecule has 0 aliphatic carbocycles. The van der Waals surface area contributed by atoms with Gasteiger partial charge in [0.25, 0.3) is 0 Å². The first-order valence-corrected chi connectivity index (χ1v) is 11.5. The summed E-state index contributed by atoms with van der Waals surface area (Å²) >= 11 is 1.62. The molecule has 2 aromatic carbocycles. The first-order chi connectivity index (χ1) is 13.5. The molecule has 0 saturated carbocycles. The lowest BCUT2D eigenvalue weighted by molar-refractivity contribution is 0.0730. The fourth-order valence-corrected chi connectivity index (χ4v) is 5.38. The number of rotatable bonds is 5. The first kappa shape index (κ1) is 19.3. The van der Waals surface area contributed by atoms with Crippen molar-refractivity contribution in [1.82, 2.24) is 9.29 Å². The Labute approximate surface area is 169 Å². The van der Waals surface area contributed by atoms with Gasteiger partial charge in [0, 0.05) is 30.5 Å². The lowest BCUT2D eigenvalue weighted by atomic mass is 10.1. The second-order valence-corrected chi connectivity index (χ2v) is 9.71. The Balaban J connectivity index is 1.49. The molecule has 0 atom stereocenters. The molecule has 0 unspecified atom stereocenters. The Morgan fingerprint density at radius 3 is 2.39 bits per heavy atom. The largest absolute Gasteiger partial charge is 0.379 e. The zero-order valence-electron chi connectivity index (χ0n) is 15.7. The summed E-state index contributed by atoms with van der Waals surface area (Å²) in [4.78, 5) is 5.04. The maximum Gasteiger partial charge on any atom is 0.243 e. The van der Waals surface area contributed by atoms with Gasteiger partial charge in [0.05, 0.1) is 28.8 Å². The predicted molar refractivity (Wildman–Crippen MR) is 111 cm³/mol. The summed E-state index contributed by atoms with van der Waals surface area (Å²) in [5.74, 6) is 0. The zero-order valence-corrected chi connectivity index (χ0v) is 17.3. The van der Waals surface area contributed by atoms with E-state index in [-0.39, 0.29) is 0 Å². The van der Waals surface area contributed by atoms with Crippen LogP contribution < -0.4 is 0 Å². The smallest absolute Gasteiger partial charge is 0.243 e. The van der Waals surface area contributed by atoms with Crippen LogP contribution in [-0.2, 0) is 21.2 Å². The Kier molecular flexibility index (Phi) is 5.59. The average Bonchev–Trinajstić information content (AvgIpc) is 3.19. The Bertz CT molecular complexity index is 1040. The number of benzene rings is 2. The van der Waals surface area contributed by atoms with E-state index >= 15 is 0 Å². The lowest BCUT2D eigenvalue weighted by Gasteiger charge is -2.26. The summed E-state index contributed by atoms with van der Waals surface area (Å²) in [6.45, 7) is 3.77. The van der Waals surface area contributed by atoms with Crippen molar-refractivity contribution < 1.29 is 13.2 Å². The zero-order chi connectivity index (χ0) is 19.6. The summed E-state index contributed by atoms with van der Waals surface area (Å²) in [6.07, 6.45) is 0.800. The van der Waals surface area contributed by atoms with Gasteiger partial charge in [-0.1, -0.05) is 42.0 Å². The summed E-state index contributed by atoms with van der Waals surface area (Å²) in [5, 5.41) is 3.07. The standard InChI is InChI=1S/C21H22N2O3S2/c1-16-2-4-17(5-3-16)14-21-22-20(15-27-21)18-6-8-19(9-7-18)28(24,25)23-10-12-26-13-11-23/h2-9,15H,10-14H2,1H3. The first-order valence-electron chi connectivity index (χ1n) is 9.21. The highest BCUT2D eigenvalue weighted by atomic mass is 32.2. The molecule has 28 heavy (non-hydrogen) atoms. The van der Waals surface area contributed by atoms with Gasteiger partial charge in [0.15, 0.2) is 0 Å². The molecule has 0 spiro atoms. The van der Waals surface area contributed by atoms with Crippen LogP contribution in [-0.4, -0.2) is 44.0 Å². The van der Waals surface area contributed by atoms with E-state index in [0.717, 1.165) is 22.7 Å². The number of ether oxygens (including phenoxy) is 1. The molecule has 1 fully saturated rings. The highest BCUT2D eigenvalue weighted by Crippen LogP contribution is 2.26. The monoisotopic (exact) mass is 414 g/mol. The molecule has 0 amide bonds. The third-order valence-electron chi connectivity index (χ3n) is 4.79. The number of sulfonamides is 1. The van der Waals surface area contributed by atoms with Gasteiger partial charge < -0.3 is 4.74 Å². The van der Waals surface area contributed by atoms with Crippen molar-refractivity contribution >= 4 is 21.4 Å². The van der Waals surface area contributed by atoms with Crippen LogP contribution in [0, 0.1) is 6.92 Å². The molecule has 7 heteroatoms. The minimum absolute atomic E-state index is 0.313. The van der Waals surface area contributed by atoms with Gasteiger partial charge in [-0.3, -0.25) is 0 Å². The molecule has 1 saturated heterocycles. The van der Waals surface area contributed by atoms with E-state index in [1.807, 2.05) is 17.5 Å². The van der Waals surface area contributed by atoms with Crippen LogP contribution in [0.3, 0.4) is 0 Å². The average molecular weight is 415 g/mol. The fraction of sp³-hybridized carbons (Fsp3) is 0.286. The molecular weight excluding hydrogens is 392 g/mol. The maximum absolute atomic E-state index is 12.7. The third-order valence-corrected chi connectivity index (χ3v) is 7.55.